The Morgan fingerprint density at radius 3 is 2.22 bits per heavy atom. The maximum atomic E-state index is 10.9. The number of nitrogens with zero attached hydrogens (tertiary/aromatic N) is 3. The van der Waals surface area contributed by atoms with Gasteiger partial charge in [-0.1, -0.05) is 13.8 Å². The average molecular weight is 321 g/mol. The minimum Gasteiger partial charge on any atom is -0.490 e. The first kappa shape index (κ1) is 17.5. The molecular weight excluding hydrogens is 294 g/mol. The molecule has 0 saturated carbocycles. The van der Waals surface area contributed by atoms with Crippen LogP contribution in [0.1, 0.15) is 33.1 Å². The topological polar surface area (TPSA) is 58.8 Å². The van der Waals surface area contributed by atoms with Gasteiger partial charge in [0.2, 0.25) is 0 Å². The van der Waals surface area contributed by atoms with Gasteiger partial charge in [0.05, 0.1) is 12.0 Å². The first-order valence-electron chi connectivity index (χ1n) is 8.34. The third-order valence-corrected chi connectivity index (χ3v) is 5.14. The molecule has 1 aromatic rings. The van der Waals surface area contributed by atoms with Gasteiger partial charge < -0.3 is 14.5 Å². The number of hydrogen-bond donors (Lipinski definition) is 0. The van der Waals surface area contributed by atoms with Gasteiger partial charge in [0, 0.05) is 43.0 Å². The third-order valence-electron chi connectivity index (χ3n) is 5.14. The number of likely N-dealkylation sites (tertiary alicyclic amines) is 1. The van der Waals surface area contributed by atoms with E-state index in [1.807, 2.05) is 19.9 Å². The Kier molecular flexibility index (Phi) is 5.46. The molecule has 1 aromatic carbocycles. The van der Waals surface area contributed by atoms with Crippen molar-refractivity contribution < 1.29 is 9.66 Å². The summed E-state index contributed by atoms with van der Waals surface area (Å²) < 4.78 is 5.15. The summed E-state index contributed by atoms with van der Waals surface area (Å²) in [6, 6.07) is 5.14. The van der Waals surface area contributed by atoms with Gasteiger partial charge in [-0.2, -0.15) is 0 Å². The SMILES string of the molecule is CC.COc1cc(N2CCC3(CC2)CCN3C)ccc1[N+](=O)[O-]. The Labute approximate surface area is 138 Å². The van der Waals surface area contributed by atoms with Crippen molar-refractivity contribution in [2.24, 2.45) is 0 Å². The van der Waals surface area contributed by atoms with Crippen LogP contribution in [0.25, 0.3) is 0 Å². The van der Waals surface area contributed by atoms with Crippen LogP contribution in [0.15, 0.2) is 18.2 Å². The van der Waals surface area contributed by atoms with Crippen LogP contribution in [-0.4, -0.2) is 49.2 Å². The lowest BCUT2D eigenvalue weighted by atomic mass is 9.77. The van der Waals surface area contributed by atoms with Crippen LogP contribution in [0.3, 0.4) is 0 Å². The Morgan fingerprint density at radius 1 is 1.17 bits per heavy atom. The highest BCUT2D eigenvalue weighted by molar-refractivity contribution is 5.59. The van der Waals surface area contributed by atoms with Gasteiger partial charge in [-0.05, 0) is 32.4 Å². The molecule has 6 nitrogen and oxygen atoms in total. The molecule has 0 atom stereocenters. The van der Waals surface area contributed by atoms with Crippen molar-refractivity contribution in [1.82, 2.24) is 4.90 Å². The van der Waals surface area contributed by atoms with Gasteiger partial charge in [0.15, 0.2) is 5.75 Å². The lowest BCUT2D eigenvalue weighted by Gasteiger charge is -2.55. The molecule has 2 heterocycles. The van der Waals surface area contributed by atoms with Gasteiger partial charge in [-0.25, -0.2) is 0 Å². The zero-order valence-corrected chi connectivity index (χ0v) is 14.5. The average Bonchev–Trinajstić information content (AvgIpc) is 2.61. The van der Waals surface area contributed by atoms with E-state index in [1.165, 1.54) is 26.1 Å². The number of anilines is 1. The number of hydrogen-bond acceptors (Lipinski definition) is 5. The van der Waals surface area contributed by atoms with Crippen LogP contribution in [0.4, 0.5) is 11.4 Å². The number of piperidine rings is 1. The predicted molar refractivity (Wildman–Crippen MR) is 92.4 cm³/mol. The number of benzene rings is 1. The fourth-order valence-corrected chi connectivity index (χ4v) is 3.48. The summed E-state index contributed by atoms with van der Waals surface area (Å²) in [5.41, 5.74) is 1.43. The van der Waals surface area contributed by atoms with E-state index in [9.17, 15) is 10.1 Å². The fourth-order valence-electron chi connectivity index (χ4n) is 3.48. The minimum absolute atomic E-state index is 0.0217. The van der Waals surface area contributed by atoms with Crippen LogP contribution >= 0.6 is 0 Å². The van der Waals surface area contributed by atoms with Crippen LogP contribution in [0.2, 0.25) is 0 Å². The van der Waals surface area contributed by atoms with Crippen LogP contribution in [0, 0.1) is 10.1 Å². The number of ether oxygens (including phenoxy) is 1. The van der Waals surface area contributed by atoms with E-state index in [1.54, 1.807) is 6.07 Å². The second-order valence-electron chi connectivity index (χ2n) is 6.00. The van der Waals surface area contributed by atoms with Crippen molar-refractivity contribution in [3.8, 4) is 5.75 Å². The van der Waals surface area contributed by atoms with E-state index in [-0.39, 0.29) is 5.69 Å². The molecule has 128 valence electrons. The zero-order chi connectivity index (χ0) is 17.0. The highest BCUT2D eigenvalue weighted by Gasteiger charge is 2.44. The van der Waals surface area contributed by atoms with E-state index < -0.39 is 4.92 Å². The molecule has 2 aliphatic heterocycles. The molecule has 2 saturated heterocycles. The summed E-state index contributed by atoms with van der Waals surface area (Å²) >= 11 is 0. The number of rotatable bonds is 3. The lowest BCUT2D eigenvalue weighted by molar-refractivity contribution is -0.385. The second kappa shape index (κ2) is 7.17. The van der Waals surface area contributed by atoms with Gasteiger partial charge >= 0.3 is 5.69 Å². The molecule has 0 N–H and O–H groups in total. The molecule has 2 aliphatic rings. The van der Waals surface area contributed by atoms with E-state index >= 15 is 0 Å². The van der Waals surface area contributed by atoms with Crippen molar-refractivity contribution in [2.45, 2.75) is 38.6 Å². The molecule has 2 fully saturated rings. The van der Waals surface area contributed by atoms with Gasteiger partial charge in [-0.15, -0.1) is 0 Å². The quantitative estimate of drug-likeness (QED) is 0.631. The maximum absolute atomic E-state index is 10.9. The Morgan fingerprint density at radius 2 is 1.78 bits per heavy atom. The Balaban J connectivity index is 0.000000924. The molecule has 0 radical (unpaired) electrons. The molecule has 0 unspecified atom stereocenters. The monoisotopic (exact) mass is 321 g/mol. The third kappa shape index (κ3) is 3.27. The van der Waals surface area contributed by atoms with Crippen LogP contribution < -0.4 is 9.64 Å². The summed E-state index contributed by atoms with van der Waals surface area (Å²) in [7, 11) is 3.68. The number of nitro benzene ring substituents is 1. The molecule has 23 heavy (non-hydrogen) atoms. The highest BCUT2D eigenvalue weighted by atomic mass is 16.6. The lowest BCUT2D eigenvalue weighted by Crippen LogP contribution is -2.62. The smallest absolute Gasteiger partial charge is 0.311 e. The Hall–Kier alpha value is -1.82. The molecule has 0 amide bonds. The zero-order valence-electron chi connectivity index (χ0n) is 14.5. The normalized spacial score (nSPS) is 19.6. The standard InChI is InChI=1S/C15H21N3O3.C2H6/c1-16-8-5-15(16)6-9-17(10-7-15)12-3-4-13(18(19)20)14(11-12)21-2;1-2/h3-4,11H,5-10H2,1-2H3;1-2H3. The number of methoxy groups -OCH3 is 1. The van der Waals surface area contributed by atoms with Crippen molar-refractivity contribution in [3.05, 3.63) is 28.3 Å². The summed E-state index contributed by atoms with van der Waals surface area (Å²) in [6.07, 6.45) is 3.60. The van der Waals surface area contributed by atoms with Crippen molar-refractivity contribution in [1.29, 1.82) is 0 Å². The fraction of sp³-hybridized carbons (Fsp3) is 0.647. The first-order valence-corrected chi connectivity index (χ1v) is 8.34. The maximum Gasteiger partial charge on any atom is 0.311 e. The van der Waals surface area contributed by atoms with Crippen molar-refractivity contribution in [2.75, 3.05) is 38.7 Å². The highest BCUT2D eigenvalue weighted by Crippen LogP contribution is 2.40. The predicted octanol–water partition coefficient (Wildman–Crippen LogP) is 3.30. The molecule has 1 spiro atoms. The van der Waals surface area contributed by atoms with Gasteiger partial charge in [-0.3, -0.25) is 10.1 Å². The largest absolute Gasteiger partial charge is 0.490 e. The van der Waals surface area contributed by atoms with E-state index in [4.69, 9.17) is 4.74 Å². The molecule has 0 bridgehead atoms. The second-order valence-corrected chi connectivity index (χ2v) is 6.00. The number of nitro groups is 1. The molecule has 0 aromatic heterocycles. The van der Waals surface area contributed by atoms with E-state index in [0.29, 0.717) is 11.3 Å². The van der Waals surface area contributed by atoms with Crippen LogP contribution in [-0.2, 0) is 0 Å². The summed E-state index contributed by atoms with van der Waals surface area (Å²) in [5, 5.41) is 10.9. The van der Waals surface area contributed by atoms with Crippen molar-refractivity contribution >= 4 is 11.4 Å². The summed E-state index contributed by atoms with van der Waals surface area (Å²) in [4.78, 5) is 15.3. The van der Waals surface area contributed by atoms with E-state index in [0.717, 1.165) is 31.6 Å². The van der Waals surface area contributed by atoms with Gasteiger partial charge in [0.25, 0.3) is 0 Å². The first-order chi connectivity index (χ1) is 11.1. The molecular formula is C17H27N3O3. The minimum atomic E-state index is -0.406. The van der Waals surface area contributed by atoms with Gasteiger partial charge in [0.1, 0.15) is 0 Å². The molecule has 6 heteroatoms. The van der Waals surface area contributed by atoms with Crippen LogP contribution in [0.5, 0.6) is 5.75 Å². The summed E-state index contributed by atoms with van der Waals surface area (Å²) in [5.74, 6) is 0.332. The summed E-state index contributed by atoms with van der Waals surface area (Å²) in [6.45, 7) is 7.18. The Bertz CT molecular complexity index is 554. The molecule has 3 rings (SSSR count). The van der Waals surface area contributed by atoms with Crippen molar-refractivity contribution in [3.63, 3.8) is 0 Å². The molecule has 0 aliphatic carbocycles. The van der Waals surface area contributed by atoms with E-state index in [2.05, 4.69) is 16.8 Å².